The highest BCUT2D eigenvalue weighted by atomic mass is 32.1. The van der Waals surface area contributed by atoms with E-state index < -0.39 is 5.60 Å². The van der Waals surface area contributed by atoms with Crippen molar-refractivity contribution in [3.63, 3.8) is 0 Å². The van der Waals surface area contributed by atoms with Crippen molar-refractivity contribution in [3.8, 4) is 16.2 Å². The number of carbonyl (C=O) groups is 1. The van der Waals surface area contributed by atoms with Gasteiger partial charge in [-0.1, -0.05) is 60.7 Å². The maximum absolute atomic E-state index is 12.6. The maximum Gasteiger partial charge on any atom is 0.338 e. The molecule has 0 spiro atoms. The Morgan fingerprint density at radius 1 is 0.974 bits per heavy atom. The summed E-state index contributed by atoms with van der Waals surface area (Å²) >= 11 is 1.75. The number of rotatable bonds is 6. The topological polar surface area (TPSA) is 44.8 Å². The zero-order valence-corrected chi connectivity index (χ0v) is 22.7. The van der Waals surface area contributed by atoms with Crippen molar-refractivity contribution in [2.24, 2.45) is 5.92 Å². The Morgan fingerprint density at radius 2 is 1.76 bits per heavy atom. The van der Waals surface area contributed by atoms with E-state index in [1.807, 2.05) is 25.1 Å². The minimum Gasteiger partial charge on any atom is -0.487 e. The van der Waals surface area contributed by atoms with Gasteiger partial charge in [0, 0.05) is 22.3 Å². The Morgan fingerprint density at radius 3 is 2.47 bits per heavy atom. The summed E-state index contributed by atoms with van der Waals surface area (Å²) in [6.07, 6.45) is 0.563. The number of thiophene rings is 1. The molecule has 38 heavy (non-hydrogen) atoms. The first-order chi connectivity index (χ1) is 18.4. The molecule has 5 heteroatoms. The average molecular weight is 525 g/mol. The summed E-state index contributed by atoms with van der Waals surface area (Å²) in [6.45, 7) is 6.48. The molecule has 4 atom stereocenters. The fourth-order valence-corrected chi connectivity index (χ4v) is 6.89. The number of hydrogen-bond donors (Lipinski definition) is 0. The van der Waals surface area contributed by atoms with Gasteiger partial charge in [0.25, 0.3) is 0 Å². The van der Waals surface area contributed by atoms with Crippen LogP contribution in [0.2, 0.25) is 0 Å². The van der Waals surface area contributed by atoms with E-state index in [0.717, 1.165) is 17.7 Å². The van der Waals surface area contributed by atoms with Gasteiger partial charge in [-0.2, -0.15) is 0 Å². The zero-order valence-electron chi connectivity index (χ0n) is 21.9. The molecule has 3 aromatic carbocycles. The van der Waals surface area contributed by atoms with Gasteiger partial charge in [-0.3, -0.25) is 0 Å². The van der Waals surface area contributed by atoms with E-state index in [1.54, 1.807) is 17.4 Å². The molecular weight excluding hydrogens is 492 g/mol. The van der Waals surface area contributed by atoms with Crippen molar-refractivity contribution < 1.29 is 19.0 Å². The van der Waals surface area contributed by atoms with Gasteiger partial charge in [0.1, 0.15) is 11.4 Å². The first-order valence-electron chi connectivity index (χ1n) is 13.3. The highest BCUT2D eigenvalue weighted by molar-refractivity contribution is 7.13. The van der Waals surface area contributed by atoms with Crippen molar-refractivity contribution in [2.75, 3.05) is 6.61 Å². The molecule has 1 saturated heterocycles. The lowest BCUT2D eigenvalue weighted by molar-refractivity contribution is -0.0423. The third-order valence-electron chi connectivity index (χ3n) is 7.82. The van der Waals surface area contributed by atoms with Gasteiger partial charge >= 0.3 is 5.97 Å². The molecule has 0 amide bonds. The molecule has 2 aliphatic rings. The van der Waals surface area contributed by atoms with E-state index in [2.05, 4.69) is 79.9 Å². The molecule has 0 radical (unpaired) electrons. The van der Waals surface area contributed by atoms with E-state index in [9.17, 15) is 4.79 Å². The van der Waals surface area contributed by atoms with Gasteiger partial charge < -0.3 is 14.2 Å². The number of carbonyl (C=O) groups excluding carboxylic acids is 1. The molecule has 1 fully saturated rings. The van der Waals surface area contributed by atoms with Crippen LogP contribution >= 0.6 is 11.3 Å². The predicted octanol–water partition coefficient (Wildman–Crippen LogP) is 7.85. The third kappa shape index (κ3) is 4.55. The zero-order chi connectivity index (χ0) is 26.3. The summed E-state index contributed by atoms with van der Waals surface area (Å²) in [5, 5.41) is 2.11. The predicted molar refractivity (Wildman–Crippen MR) is 151 cm³/mol. The van der Waals surface area contributed by atoms with Crippen LogP contribution < -0.4 is 4.74 Å². The number of hydrogen-bond acceptors (Lipinski definition) is 5. The molecule has 0 aliphatic carbocycles. The lowest BCUT2D eigenvalue weighted by atomic mass is 9.70. The minimum atomic E-state index is -0.467. The van der Waals surface area contributed by atoms with Crippen LogP contribution in [0.5, 0.6) is 5.75 Å². The summed E-state index contributed by atoms with van der Waals surface area (Å²) in [5.74, 6) is 0.633. The molecule has 0 N–H and O–H groups in total. The fraction of sp³-hybridized carbons (Fsp3) is 0.303. The van der Waals surface area contributed by atoms with Crippen LogP contribution in [0.4, 0.5) is 0 Å². The summed E-state index contributed by atoms with van der Waals surface area (Å²) in [5.41, 5.74) is 4.71. The van der Waals surface area contributed by atoms with Crippen molar-refractivity contribution in [1.29, 1.82) is 0 Å². The second kappa shape index (κ2) is 10.0. The molecule has 3 heterocycles. The Bertz CT molecular complexity index is 1410. The Kier molecular flexibility index (Phi) is 6.58. The fourth-order valence-electron chi connectivity index (χ4n) is 6.15. The molecule has 2 aliphatic heterocycles. The van der Waals surface area contributed by atoms with Crippen LogP contribution in [0.15, 0.2) is 90.3 Å². The maximum atomic E-state index is 12.6. The third-order valence-corrected chi connectivity index (χ3v) is 8.74. The lowest BCUT2D eigenvalue weighted by Gasteiger charge is -2.43. The van der Waals surface area contributed by atoms with Crippen LogP contribution in [-0.4, -0.2) is 24.3 Å². The van der Waals surface area contributed by atoms with Crippen molar-refractivity contribution >= 4 is 17.3 Å². The number of benzene rings is 3. The normalized spacial score (nSPS) is 23.2. The van der Waals surface area contributed by atoms with E-state index in [1.165, 1.54) is 21.6 Å². The van der Waals surface area contributed by atoms with Gasteiger partial charge in [-0.15, -0.1) is 11.3 Å². The number of esters is 1. The number of fused-ring (bicyclic) bond motifs is 3. The highest BCUT2D eigenvalue weighted by Crippen LogP contribution is 2.58. The van der Waals surface area contributed by atoms with Crippen LogP contribution in [0, 0.1) is 5.92 Å². The molecule has 194 valence electrons. The van der Waals surface area contributed by atoms with E-state index in [0.29, 0.717) is 12.2 Å². The number of ether oxygens (including phenoxy) is 3. The molecular formula is C33H32O4S. The van der Waals surface area contributed by atoms with Crippen LogP contribution in [-0.2, 0) is 15.9 Å². The first kappa shape index (κ1) is 24.9. The van der Waals surface area contributed by atoms with Crippen molar-refractivity contribution in [2.45, 2.75) is 50.9 Å². The Hall–Kier alpha value is -3.41. The molecule has 0 bridgehead atoms. The standard InChI is InChI=1S/C33H32O4S/c1-4-35-32(34)24-16-17-26-25(20-24)31-30(33(2,3)37-26)29(27(36-31)19-21-9-6-5-7-10-21)23-14-12-22(13-15-23)28-11-8-18-38-28/h5-18,20,27,29-31H,4,19H2,1-3H3/t27-,29-,30+,31-/m1/s1. The molecule has 0 saturated carbocycles. The van der Waals surface area contributed by atoms with Crippen molar-refractivity contribution in [3.05, 3.63) is 113 Å². The van der Waals surface area contributed by atoms with Gasteiger partial charge in [-0.05, 0) is 73.5 Å². The summed E-state index contributed by atoms with van der Waals surface area (Å²) in [6, 6.07) is 29.3. The monoisotopic (exact) mass is 524 g/mol. The van der Waals surface area contributed by atoms with Gasteiger partial charge in [0.05, 0.1) is 24.4 Å². The molecule has 6 rings (SSSR count). The van der Waals surface area contributed by atoms with Crippen LogP contribution in [0.1, 0.15) is 59.8 Å². The second-order valence-electron chi connectivity index (χ2n) is 10.6. The molecule has 4 aromatic rings. The van der Waals surface area contributed by atoms with Crippen LogP contribution in [0.3, 0.4) is 0 Å². The van der Waals surface area contributed by atoms with Gasteiger partial charge in [0.15, 0.2) is 0 Å². The minimum absolute atomic E-state index is 0.0416. The summed E-state index contributed by atoms with van der Waals surface area (Å²) in [7, 11) is 0. The average Bonchev–Trinajstić information content (AvgIpc) is 3.59. The summed E-state index contributed by atoms with van der Waals surface area (Å²) in [4.78, 5) is 13.8. The van der Waals surface area contributed by atoms with Crippen LogP contribution in [0.25, 0.3) is 10.4 Å². The quantitative estimate of drug-likeness (QED) is 0.241. The van der Waals surface area contributed by atoms with Gasteiger partial charge in [0.2, 0.25) is 0 Å². The summed E-state index contributed by atoms with van der Waals surface area (Å²) < 4.78 is 18.9. The van der Waals surface area contributed by atoms with Gasteiger partial charge in [-0.25, -0.2) is 4.79 Å². The highest BCUT2D eigenvalue weighted by Gasteiger charge is 2.56. The van der Waals surface area contributed by atoms with E-state index in [-0.39, 0.29) is 30.0 Å². The molecule has 0 unspecified atom stereocenters. The Labute approximate surface area is 228 Å². The molecule has 4 nitrogen and oxygen atoms in total. The SMILES string of the molecule is CCOC(=O)c1ccc2c(c1)[C@H]1O[C@H](Cc3ccccc3)[C@@H](c3ccc(-c4cccs4)cc3)[C@@H]1C(C)(C)O2. The second-order valence-corrected chi connectivity index (χ2v) is 11.6. The first-order valence-corrected chi connectivity index (χ1v) is 14.2. The lowest BCUT2D eigenvalue weighted by Crippen LogP contribution is -2.45. The van der Waals surface area contributed by atoms with E-state index in [4.69, 9.17) is 14.2 Å². The largest absolute Gasteiger partial charge is 0.487 e. The Balaban J connectivity index is 1.42. The van der Waals surface area contributed by atoms with E-state index >= 15 is 0 Å². The smallest absolute Gasteiger partial charge is 0.338 e. The molecule has 1 aromatic heterocycles. The van der Waals surface area contributed by atoms with Crippen molar-refractivity contribution in [1.82, 2.24) is 0 Å².